The van der Waals surface area contributed by atoms with Crippen LogP contribution in [0.4, 0.5) is 0 Å². The molecule has 3 N–H and O–H groups in total. The fourth-order valence-electron chi connectivity index (χ4n) is 5.11. The molecule has 0 saturated carbocycles. The van der Waals surface area contributed by atoms with Crippen molar-refractivity contribution in [2.24, 2.45) is 5.92 Å². The zero-order chi connectivity index (χ0) is 27.3. The lowest BCUT2D eigenvalue weighted by Crippen LogP contribution is -2.49. The summed E-state index contributed by atoms with van der Waals surface area (Å²) in [4.78, 5) is 25.8. The fraction of sp³-hybridized carbons (Fsp3) is 0.600. The Hall–Kier alpha value is -2.80. The molecule has 0 saturated heterocycles. The van der Waals surface area contributed by atoms with Crippen molar-refractivity contribution in [1.29, 1.82) is 0 Å². The second-order valence-electron chi connectivity index (χ2n) is 11.2. The number of aliphatic hydroxyl groups excluding tert-OH is 1. The van der Waals surface area contributed by atoms with Crippen LogP contribution in [0.1, 0.15) is 101 Å². The minimum Gasteiger partial charge on any atom is -0.508 e. The van der Waals surface area contributed by atoms with Gasteiger partial charge in [-0.25, -0.2) is 0 Å². The Morgan fingerprint density at radius 2 is 1.95 bits per heavy atom. The van der Waals surface area contributed by atoms with Gasteiger partial charge in [0.25, 0.3) is 5.91 Å². The van der Waals surface area contributed by atoms with Gasteiger partial charge >= 0.3 is 5.97 Å². The Morgan fingerprint density at radius 3 is 2.62 bits per heavy atom. The average molecular weight is 514 g/mol. The monoisotopic (exact) mass is 513 g/mol. The summed E-state index contributed by atoms with van der Waals surface area (Å²) in [5, 5.41) is 30.7. The Labute approximate surface area is 220 Å². The van der Waals surface area contributed by atoms with Gasteiger partial charge in [0.2, 0.25) is 0 Å². The lowest BCUT2D eigenvalue weighted by atomic mass is 9.84. The van der Waals surface area contributed by atoms with Gasteiger partial charge in [0.05, 0.1) is 24.1 Å². The summed E-state index contributed by atoms with van der Waals surface area (Å²) in [6.45, 7) is 10.8. The van der Waals surface area contributed by atoms with Crippen molar-refractivity contribution in [2.75, 3.05) is 6.54 Å². The van der Waals surface area contributed by atoms with Gasteiger partial charge in [0.15, 0.2) is 0 Å². The van der Waals surface area contributed by atoms with E-state index in [1.807, 2.05) is 6.92 Å². The average Bonchev–Trinajstić information content (AvgIpc) is 3.13. The van der Waals surface area contributed by atoms with E-state index < -0.39 is 23.6 Å². The Bertz CT molecular complexity index is 1070. The molecule has 1 aromatic rings. The number of phenolic OH excluding ortho intramolecular Hbond substituents is 1. The van der Waals surface area contributed by atoms with Gasteiger partial charge in [-0.15, -0.1) is 0 Å². The van der Waals surface area contributed by atoms with Crippen LogP contribution in [0.2, 0.25) is 0 Å². The maximum Gasteiger partial charge on any atom is 0.306 e. The summed E-state index contributed by atoms with van der Waals surface area (Å²) in [6, 6.07) is 1.50. The van der Waals surface area contributed by atoms with Crippen molar-refractivity contribution < 1.29 is 29.6 Å². The van der Waals surface area contributed by atoms with E-state index >= 15 is 0 Å². The topological polar surface area (TPSA) is 107 Å². The van der Waals surface area contributed by atoms with Gasteiger partial charge in [-0.05, 0) is 72.3 Å². The minimum atomic E-state index is -0.825. The summed E-state index contributed by atoms with van der Waals surface area (Å²) in [5.74, 6) is -0.837. The predicted octanol–water partition coefficient (Wildman–Crippen LogP) is 5.77. The molecule has 2 heterocycles. The Balaban J connectivity index is 1.68. The molecule has 204 valence electrons. The molecule has 0 unspecified atom stereocenters. The lowest BCUT2D eigenvalue weighted by molar-refractivity contribution is -0.141. The molecule has 7 nitrogen and oxygen atoms in total. The molecular formula is C30H43NO6. The van der Waals surface area contributed by atoms with Gasteiger partial charge in [-0.2, -0.15) is 0 Å². The zero-order valence-corrected chi connectivity index (χ0v) is 23.0. The fourth-order valence-corrected chi connectivity index (χ4v) is 5.11. The number of carbonyl (C=O) groups excluding carboxylic acids is 1. The van der Waals surface area contributed by atoms with Crippen molar-refractivity contribution >= 4 is 11.9 Å². The number of aliphatic carboxylic acids is 1. The third kappa shape index (κ3) is 6.95. The first-order chi connectivity index (χ1) is 17.4. The number of aliphatic hydroxyl groups is 1. The third-order valence-electron chi connectivity index (χ3n) is 7.73. The first-order valence-electron chi connectivity index (χ1n) is 13.5. The minimum absolute atomic E-state index is 0.0182. The highest BCUT2D eigenvalue weighted by Gasteiger charge is 2.44. The molecule has 1 aromatic carbocycles. The van der Waals surface area contributed by atoms with Crippen LogP contribution in [0.5, 0.6) is 11.5 Å². The lowest BCUT2D eigenvalue weighted by Gasteiger charge is -2.40. The Morgan fingerprint density at radius 1 is 1.22 bits per heavy atom. The molecule has 3 atom stereocenters. The number of amides is 1. The molecule has 2 aliphatic rings. The number of carbonyl (C=O) groups is 2. The summed E-state index contributed by atoms with van der Waals surface area (Å²) in [5.41, 5.74) is 3.58. The van der Waals surface area contributed by atoms with Gasteiger partial charge in [0, 0.05) is 24.1 Å². The van der Waals surface area contributed by atoms with E-state index in [1.165, 1.54) is 17.2 Å². The van der Waals surface area contributed by atoms with Crippen LogP contribution in [0, 0.1) is 5.92 Å². The number of allylic oxidation sites excluding steroid dienone is 4. The molecule has 0 fully saturated rings. The van der Waals surface area contributed by atoms with Crippen molar-refractivity contribution in [2.45, 2.75) is 104 Å². The van der Waals surface area contributed by atoms with Crippen molar-refractivity contribution in [1.82, 2.24) is 4.90 Å². The number of carboxylic acids is 1. The second-order valence-corrected chi connectivity index (χ2v) is 11.2. The second kappa shape index (κ2) is 12.2. The SMILES string of the molecule is CC(C)=CCC/C(C)=C/CC[C@]1(C)Oc2c(c(O)cc3c2CN(CCCC[C@@H](C)C(=O)O)C3=O)C[C@@H]1O. The predicted molar refractivity (Wildman–Crippen MR) is 144 cm³/mol. The Kier molecular flexibility index (Phi) is 9.46. The molecule has 3 rings (SSSR count). The quantitative estimate of drug-likeness (QED) is 0.242. The van der Waals surface area contributed by atoms with E-state index in [0.717, 1.165) is 31.2 Å². The highest BCUT2D eigenvalue weighted by atomic mass is 16.5. The first kappa shape index (κ1) is 28.8. The van der Waals surface area contributed by atoms with Crippen molar-refractivity contribution in [3.8, 4) is 11.5 Å². The summed E-state index contributed by atoms with van der Waals surface area (Å²) in [6.07, 6.45) is 9.36. The van der Waals surface area contributed by atoms with Crippen LogP contribution in [0.25, 0.3) is 0 Å². The maximum atomic E-state index is 13.1. The van der Waals surface area contributed by atoms with Crippen LogP contribution in [-0.2, 0) is 17.8 Å². The van der Waals surface area contributed by atoms with Crippen LogP contribution < -0.4 is 4.74 Å². The van der Waals surface area contributed by atoms with E-state index in [2.05, 4.69) is 32.9 Å². The van der Waals surface area contributed by atoms with Crippen LogP contribution in [0.3, 0.4) is 0 Å². The number of phenols is 1. The number of hydrogen-bond acceptors (Lipinski definition) is 5. The molecule has 2 aliphatic heterocycles. The molecule has 7 heteroatoms. The molecule has 0 aliphatic carbocycles. The van der Waals surface area contributed by atoms with E-state index in [9.17, 15) is 19.8 Å². The third-order valence-corrected chi connectivity index (χ3v) is 7.73. The number of benzene rings is 1. The van der Waals surface area contributed by atoms with Crippen LogP contribution in [0.15, 0.2) is 29.4 Å². The van der Waals surface area contributed by atoms with Crippen LogP contribution in [-0.4, -0.2) is 50.3 Å². The van der Waals surface area contributed by atoms with Gasteiger partial charge < -0.3 is 25.0 Å². The number of carboxylic acid groups (broad SMARTS) is 1. The molecule has 37 heavy (non-hydrogen) atoms. The number of rotatable bonds is 12. The van der Waals surface area contributed by atoms with Gasteiger partial charge in [-0.1, -0.05) is 36.6 Å². The number of fused-ring (bicyclic) bond motifs is 3. The van der Waals surface area contributed by atoms with Crippen molar-refractivity contribution in [3.05, 3.63) is 46.1 Å². The first-order valence-corrected chi connectivity index (χ1v) is 13.5. The number of aromatic hydroxyl groups is 1. The van der Waals surface area contributed by atoms with E-state index in [0.29, 0.717) is 49.2 Å². The molecule has 0 aromatic heterocycles. The van der Waals surface area contributed by atoms with E-state index in [-0.39, 0.29) is 18.1 Å². The maximum absolute atomic E-state index is 13.1. The van der Waals surface area contributed by atoms with E-state index in [1.54, 1.807) is 11.8 Å². The van der Waals surface area contributed by atoms with Crippen molar-refractivity contribution in [3.63, 3.8) is 0 Å². The number of nitrogens with zero attached hydrogens (tertiary/aromatic N) is 1. The number of hydrogen-bond donors (Lipinski definition) is 3. The summed E-state index contributed by atoms with van der Waals surface area (Å²) >= 11 is 0. The molecule has 0 spiro atoms. The highest BCUT2D eigenvalue weighted by Crippen LogP contribution is 2.46. The molecule has 0 radical (unpaired) electrons. The zero-order valence-electron chi connectivity index (χ0n) is 23.0. The van der Waals surface area contributed by atoms with Gasteiger partial charge in [-0.3, -0.25) is 9.59 Å². The van der Waals surface area contributed by atoms with Crippen LogP contribution >= 0.6 is 0 Å². The van der Waals surface area contributed by atoms with E-state index in [4.69, 9.17) is 9.84 Å². The smallest absolute Gasteiger partial charge is 0.306 e. The summed E-state index contributed by atoms with van der Waals surface area (Å²) < 4.78 is 6.44. The molecule has 0 bridgehead atoms. The normalized spacial score (nSPS) is 21.8. The largest absolute Gasteiger partial charge is 0.508 e. The molecular weight excluding hydrogens is 470 g/mol. The standard InChI is InChI=1S/C30H43NO6/c1-19(2)10-8-11-20(3)12-9-14-30(5)26(33)17-23-25(32)16-22-24(27(23)37-30)18-31(28(22)34)15-7-6-13-21(4)29(35)36/h10,12,16,21,26,32-33H,6-9,11,13-15,17-18H2,1-5H3,(H,35,36)/b20-12+/t21-,26+,30+/m1/s1. The number of unbranched alkanes of at least 4 members (excludes halogenated alkanes) is 1. The molecule has 1 amide bonds. The highest BCUT2D eigenvalue weighted by molar-refractivity contribution is 6.00. The summed E-state index contributed by atoms with van der Waals surface area (Å²) in [7, 11) is 0. The number of ether oxygens (including phenoxy) is 1. The van der Waals surface area contributed by atoms with Gasteiger partial charge in [0.1, 0.15) is 17.1 Å².